The zero-order valence-electron chi connectivity index (χ0n) is 9.96. The summed E-state index contributed by atoms with van der Waals surface area (Å²) in [5.74, 6) is 0.0183. The number of nitrogens with zero attached hydrogens (tertiary/aromatic N) is 2. The zero-order chi connectivity index (χ0) is 12.6. The van der Waals surface area contributed by atoms with Crippen LogP contribution in [0.5, 0.6) is 0 Å². The molecule has 6 heteroatoms. The lowest BCUT2D eigenvalue weighted by Gasteiger charge is -2.21. The van der Waals surface area contributed by atoms with Crippen LogP contribution in [0, 0.1) is 0 Å². The van der Waals surface area contributed by atoms with E-state index >= 15 is 0 Å². The SMILES string of the molecule is CN(C)C(=O)CCCN(CCN)CC(F)F. The van der Waals surface area contributed by atoms with Gasteiger partial charge in [0.2, 0.25) is 5.91 Å². The van der Waals surface area contributed by atoms with Crippen molar-refractivity contribution in [2.24, 2.45) is 5.73 Å². The Balaban J connectivity index is 3.79. The summed E-state index contributed by atoms with van der Waals surface area (Å²) in [6.07, 6.45) is -1.38. The Morgan fingerprint density at radius 2 is 1.94 bits per heavy atom. The van der Waals surface area contributed by atoms with Crippen LogP contribution in [0.1, 0.15) is 12.8 Å². The second-order valence-electron chi connectivity index (χ2n) is 3.87. The Morgan fingerprint density at radius 1 is 1.31 bits per heavy atom. The van der Waals surface area contributed by atoms with Crippen molar-refractivity contribution in [1.29, 1.82) is 0 Å². The third-order valence-electron chi connectivity index (χ3n) is 2.21. The molecule has 0 saturated carbocycles. The smallest absolute Gasteiger partial charge is 0.251 e. The highest BCUT2D eigenvalue weighted by molar-refractivity contribution is 5.75. The number of rotatable bonds is 8. The summed E-state index contributed by atoms with van der Waals surface area (Å²) in [6, 6.07) is 0. The first-order chi connectivity index (χ1) is 7.47. The number of hydrogen-bond acceptors (Lipinski definition) is 3. The van der Waals surface area contributed by atoms with Gasteiger partial charge in [0.05, 0.1) is 6.54 Å². The lowest BCUT2D eigenvalue weighted by atomic mass is 10.2. The van der Waals surface area contributed by atoms with E-state index in [4.69, 9.17) is 5.73 Å². The fraction of sp³-hybridized carbons (Fsp3) is 0.900. The van der Waals surface area contributed by atoms with E-state index < -0.39 is 6.43 Å². The van der Waals surface area contributed by atoms with E-state index in [-0.39, 0.29) is 12.5 Å². The van der Waals surface area contributed by atoms with Crippen LogP contribution in [-0.2, 0) is 4.79 Å². The Bertz CT molecular complexity index is 201. The molecule has 0 spiro atoms. The number of halogens is 2. The average molecular weight is 237 g/mol. The lowest BCUT2D eigenvalue weighted by molar-refractivity contribution is -0.128. The topological polar surface area (TPSA) is 49.6 Å². The van der Waals surface area contributed by atoms with Gasteiger partial charge in [-0.1, -0.05) is 0 Å². The number of alkyl halides is 2. The van der Waals surface area contributed by atoms with Gasteiger partial charge in [0.25, 0.3) is 6.43 Å². The normalized spacial score (nSPS) is 11.2. The van der Waals surface area contributed by atoms with Gasteiger partial charge in [-0.15, -0.1) is 0 Å². The van der Waals surface area contributed by atoms with Crippen LogP contribution in [0.4, 0.5) is 8.78 Å². The van der Waals surface area contributed by atoms with Gasteiger partial charge < -0.3 is 10.6 Å². The van der Waals surface area contributed by atoms with Gasteiger partial charge in [0.15, 0.2) is 0 Å². The third-order valence-corrected chi connectivity index (χ3v) is 2.21. The molecule has 0 aromatic carbocycles. The maximum absolute atomic E-state index is 12.2. The molecule has 2 N–H and O–H groups in total. The predicted molar refractivity (Wildman–Crippen MR) is 59.4 cm³/mol. The molecule has 0 rings (SSSR count). The Kier molecular flexibility index (Phi) is 8.01. The molecule has 0 aliphatic rings. The number of nitrogens with two attached hydrogens (primary N) is 1. The Hall–Kier alpha value is -0.750. The maximum atomic E-state index is 12.2. The van der Waals surface area contributed by atoms with E-state index in [1.54, 1.807) is 19.0 Å². The Labute approximate surface area is 95.4 Å². The average Bonchev–Trinajstić information content (AvgIpc) is 2.16. The summed E-state index contributed by atoms with van der Waals surface area (Å²) in [5, 5.41) is 0. The van der Waals surface area contributed by atoms with Crippen molar-refractivity contribution in [3.8, 4) is 0 Å². The van der Waals surface area contributed by atoms with Gasteiger partial charge in [-0.2, -0.15) is 0 Å². The Morgan fingerprint density at radius 3 is 2.38 bits per heavy atom. The number of hydrogen-bond donors (Lipinski definition) is 1. The van der Waals surface area contributed by atoms with Crippen LogP contribution in [0.15, 0.2) is 0 Å². The van der Waals surface area contributed by atoms with Crippen LogP contribution < -0.4 is 5.73 Å². The second-order valence-corrected chi connectivity index (χ2v) is 3.87. The largest absolute Gasteiger partial charge is 0.349 e. The first-order valence-corrected chi connectivity index (χ1v) is 5.38. The number of amides is 1. The fourth-order valence-electron chi connectivity index (χ4n) is 1.35. The molecule has 0 saturated heterocycles. The molecule has 0 bridgehead atoms. The predicted octanol–water partition coefficient (Wildman–Crippen LogP) is 0.381. The van der Waals surface area contributed by atoms with E-state index in [9.17, 15) is 13.6 Å². The van der Waals surface area contributed by atoms with Gasteiger partial charge in [-0.05, 0) is 13.0 Å². The van der Waals surface area contributed by atoms with Crippen LogP contribution in [0.3, 0.4) is 0 Å². The van der Waals surface area contributed by atoms with Gasteiger partial charge in [-0.25, -0.2) is 8.78 Å². The number of carbonyl (C=O) groups excluding carboxylic acids is 1. The third kappa shape index (κ3) is 7.53. The van der Waals surface area contributed by atoms with Crippen molar-refractivity contribution in [1.82, 2.24) is 9.80 Å². The summed E-state index contributed by atoms with van der Waals surface area (Å²) in [5.41, 5.74) is 5.32. The van der Waals surface area contributed by atoms with Gasteiger partial charge >= 0.3 is 0 Å². The molecule has 96 valence electrons. The van der Waals surface area contributed by atoms with Crippen molar-refractivity contribution in [2.45, 2.75) is 19.3 Å². The summed E-state index contributed by atoms with van der Waals surface area (Å²) in [7, 11) is 3.36. The highest BCUT2D eigenvalue weighted by Crippen LogP contribution is 2.01. The van der Waals surface area contributed by atoms with Crippen molar-refractivity contribution >= 4 is 5.91 Å². The molecule has 4 nitrogen and oxygen atoms in total. The minimum absolute atomic E-state index is 0.0183. The molecule has 1 amide bonds. The summed E-state index contributed by atoms with van der Waals surface area (Å²) < 4.78 is 24.3. The molecule has 0 aromatic rings. The molecule has 0 radical (unpaired) electrons. The molecule has 0 aliphatic heterocycles. The molecule has 0 heterocycles. The lowest BCUT2D eigenvalue weighted by Crippen LogP contribution is -2.35. The zero-order valence-corrected chi connectivity index (χ0v) is 9.96. The monoisotopic (exact) mass is 237 g/mol. The highest BCUT2D eigenvalue weighted by atomic mass is 19.3. The van der Waals surface area contributed by atoms with Crippen LogP contribution >= 0.6 is 0 Å². The van der Waals surface area contributed by atoms with Gasteiger partial charge in [0, 0.05) is 33.6 Å². The molecule has 0 atom stereocenters. The second kappa shape index (κ2) is 8.41. The summed E-state index contributed by atoms with van der Waals surface area (Å²) in [6.45, 7) is 1.02. The molecule has 0 aromatic heterocycles. The number of carbonyl (C=O) groups is 1. The first kappa shape index (κ1) is 15.2. The molecular formula is C10H21F2N3O. The fourth-order valence-corrected chi connectivity index (χ4v) is 1.35. The minimum atomic E-state index is -2.35. The van der Waals surface area contributed by atoms with E-state index in [1.807, 2.05) is 0 Å². The molecule has 0 fully saturated rings. The van der Waals surface area contributed by atoms with Crippen molar-refractivity contribution in [3.05, 3.63) is 0 Å². The maximum Gasteiger partial charge on any atom is 0.251 e. The van der Waals surface area contributed by atoms with Gasteiger partial charge in [-0.3, -0.25) is 9.69 Å². The molecule has 0 aliphatic carbocycles. The molecule has 16 heavy (non-hydrogen) atoms. The minimum Gasteiger partial charge on any atom is -0.349 e. The van der Waals surface area contributed by atoms with E-state index in [1.165, 1.54) is 4.90 Å². The van der Waals surface area contributed by atoms with E-state index in [0.29, 0.717) is 32.5 Å². The van der Waals surface area contributed by atoms with Crippen molar-refractivity contribution in [2.75, 3.05) is 40.3 Å². The van der Waals surface area contributed by atoms with Gasteiger partial charge in [0.1, 0.15) is 0 Å². The quantitative estimate of drug-likeness (QED) is 0.664. The van der Waals surface area contributed by atoms with Crippen LogP contribution in [0.25, 0.3) is 0 Å². The van der Waals surface area contributed by atoms with Crippen LogP contribution in [-0.4, -0.2) is 62.4 Å². The van der Waals surface area contributed by atoms with E-state index in [0.717, 1.165) is 0 Å². The van der Waals surface area contributed by atoms with Crippen LogP contribution in [0.2, 0.25) is 0 Å². The molecule has 0 unspecified atom stereocenters. The highest BCUT2D eigenvalue weighted by Gasteiger charge is 2.12. The van der Waals surface area contributed by atoms with Crippen molar-refractivity contribution in [3.63, 3.8) is 0 Å². The van der Waals surface area contributed by atoms with E-state index in [2.05, 4.69) is 0 Å². The standard InChI is InChI=1S/C10H21F2N3O/c1-14(2)10(16)4-3-6-15(7-5-13)8-9(11)12/h9H,3-8,13H2,1-2H3. The first-order valence-electron chi connectivity index (χ1n) is 5.38. The molecular weight excluding hydrogens is 216 g/mol. The summed E-state index contributed by atoms with van der Waals surface area (Å²) in [4.78, 5) is 14.3. The van der Waals surface area contributed by atoms with Crippen molar-refractivity contribution < 1.29 is 13.6 Å². The summed E-state index contributed by atoms with van der Waals surface area (Å²) >= 11 is 0.